The van der Waals surface area contributed by atoms with Crippen LogP contribution in [0.2, 0.25) is 0 Å². The summed E-state index contributed by atoms with van der Waals surface area (Å²) in [6.45, 7) is 0.448. The average Bonchev–Trinajstić information content (AvgIpc) is 3.57. The van der Waals surface area contributed by atoms with Crippen molar-refractivity contribution in [2.75, 3.05) is 13.9 Å². The van der Waals surface area contributed by atoms with Crippen LogP contribution in [0.3, 0.4) is 0 Å². The first-order valence-corrected chi connectivity index (χ1v) is 11.0. The number of rotatable bonds is 5. The van der Waals surface area contributed by atoms with Gasteiger partial charge in [-0.3, -0.25) is 9.89 Å². The Morgan fingerprint density at radius 2 is 1.89 bits per heavy atom. The summed E-state index contributed by atoms with van der Waals surface area (Å²) in [5.41, 5.74) is 3.58. The van der Waals surface area contributed by atoms with Gasteiger partial charge in [0.2, 0.25) is 6.79 Å². The van der Waals surface area contributed by atoms with Crippen molar-refractivity contribution in [1.29, 1.82) is 0 Å². The van der Waals surface area contributed by atoms with Crippen molar-refractivity contribution < 1.29 is 29.2 Å². The van der Waals surface area contributed by atoms with E-state index in [-0.39, 0.29) is 30.7 Å². The fraction of sp³-hybridized carbons (Fsp3) is 0.154. The van der Waals surface area contributed by atoms with Gasteiger partial charge in [0.15, 0.2) is 23.0 Å². The predicted molar refractivity (Wildman–Crippen MR) is 125 cm³/mol. The van der Waals surface area contributed by atoms with Crippen molar-refractivity contribution in [3.63, 3.8) is 0 Å². The smallest absolute Gasteiger partial charge is 0.273 e. The third-order valence-electron chi connectivity index (χ3n) is 6.33. The van der Waals surface area contributed by atoms with Crippen LogP contribution in [0.1, 0.15) is 33.2 Å². The van der Waals surface area contributed by atoms with Crippen molar-refractivity contribution >= 4 is 5.91 Å². The van der Waals surface area contributed by atoms with Crippen molar-refractivity contribution in [1.82, 2.24) is 15.1 Å². The lowest BCUT2D eigenvalue weighted by Crippen LogP contribution is -2.29. The summed E-state index contributed by atoms with van der Waals surface area (Å²) in [5.74, 6) is 1.41. The van der Waals surface area contributed by atoms with Gasteiger partial charge >= 0.3 is 0 Å². The lowest BCUT2D eigenvalue weighted by molar-refractivity contribution is 0.0729. The summed E-state index contributed by atoms with van der Waals surface area (Å²) in [4.78, 5) is 15.3. The molecule has 2 aliphatic rings. The SMILES string of the molecule is COc1cc([C@@H]2c3c(-c4ccccc4O)n[nH]c3C(=O)N2Cc2ccc3c(c2)OCO3)ccc1O. The molecule has 6 rings (SSSR count). The predicted octanol–water partition coefficient (Wildman–Crippen LogP) is 3.97. The lowest BCUT2D eigenvalue weighted by Gasteiger charge is -2.27. The average molecular weight is 471 g/mol. The van der Waals surface area contributed by atoms with Gasteiger partial charge in [0, 0.05) is 17.7 Å². The Balaban J connectivity index is 1.49. The topological polar surface area (TPSA) is 117 Å². The molecule has 2 aliphatic heterocycles. The third-order valence-corrected chi connectivity index (χ3v) is 6.33. The number of nitrogens with one attached hydrogen (secondary N) is 1. The van der Waals surface area contributed by atoms with Crippen LogP contribution in [0.5, 0.6) is 28.7 Å². The molecule has 9 heteroatoms. The molecule has 1 amide bonds. The molecule has 0 unspecified atom stereocenters. The molecule has 9 nitrogen and oxygen atoms in total. The number of amides is 1. The number of hydrogen-bond donors (Lipinski definition) is 3. The van der Waals surface area contributed by atoms with Crippen molar-refractivity contribution in [2.45, 2.75) is 12.6 Å². The summed E-state index contributed by atoms with van der Waals surface area (Å²) < 4.78 is 16.2. The molecule has 176 valence electrons. The Morgan fingerprint density at radius 1 is 1.06 bits per heavy atom. The summed E-state index contributed by atoms with van der Waals surface area (Å²) in [5, 5.41) is 28.0. The first-order valence-electron chi connectivity index (χ1n) is 11.0. The number of phenolic OH excluding ortho intramolecular Hbond substituents is 2. The molecule has 0 saturated heterocycles. The number of phenols is 2. The second kappa shape index (κ2) is 7.98. The third kappa shape index (κ3) is 3.31. The van der Waals surface area contributed by atoms with Crippen LogP contribution in [0.25, 0.3) is 11.3 Å². The number of nitrogens with zero attached hydrogens (tertiary/aromatic N) is 2. The number of fused-ring (bicyclic) bond motifs is 2. The van der Waals surface area contributed by atoms with E-state index in [0.29, 0.717) is 39.8 Å². The van der Waals surface area contributed by atoms with Gasteiger partial charge < -0.3 is 29.3 Å². The van der Waals surface area contributed by atoms with Crippen LogP contribution in [-0.4, -0.2) is 45.1 Å². The maximum Gasteiger partial charge on any atom is 0.273 e. The van der Waals surface area contributed by atoms with Crippen molar-refractivity contribution in [2.24, 2.45) is 0 Å². The molecule has 0 fully saturated rings. The zero-order chi connectivity index (χ0) is 24.1. The zero-order valence-electron chi connectivity index (χ0n) is 18.7. The van der Waals surface area contributed by atoms with E-state index in [1.807, 2.05) is 18.2 Å². The van der Waals surface area contributed by atoms with Crippen LogP contribution >= 0.6 is 0 Å². The van der Waals surface area contributed by atoms with E-state index < -0.39 is 6.04 Å². The van der Waals surface area contributed by atoms with E-state index in [1.54, 1.807) is 41.3 Å². The van der Waals surface area contributed by atoms with Gasteiger partial charge in [-0.25, -0.2) is 0 Å². The maximum absolute atomic E-state index is 13.6. The number of H-pyrrole nitrogens is 1. The van der Waals surface area contributed by atoms with Gasteiger partial charge in [-0.1, -0.05) is 24.3 Å². The van der Waals surface area contributed by atoms with Crippen LogP contribution in [0.15, 0.2) is 60.7 Å². The molecule has 0 saturated carbocycles. The van der Waals surface area contributed by atoms with E-state index in [4.69, 9.17) is 14.2 Å². The molecule has 3 N–H and O–H groups in total. The second-order valence-electron chi connectivity index (χ2n) is 8.33. The number of aromatic nitrogens is 2. The fourth-order valence-corrected chi connectivity index (χ4v) is 4.69. The highest BCUT2D eigenvalue weighted by Gasteiger charge is 2.43. The molecule has 4 aromatic rings. The van der Waals surface area contributed by atoms with E-state index in [9.17, 15) is 15.0 Å². The Bertz CT molecular complexity index is 1460. The van der Waals surface area contributed by atoms with Crippen molar-refractivity contribution in [3.05, 3.63) is 83.0 Å². The van der Waals surface area contributed by atoms with E-state index in [2.05, 4.69) is 10.2 Å². The van der Waals surface area contributed by atoms with Gasteiger partial charge in [0.1, 0.15) is 17.1 Å². The number of methoxy groups -OCH3 is 1. The largest absolute Gasteiger partial charge is 0.507 e. The highest BCUT2D eigenvalue weighted by Crippen LogP contribution is 2.46. The van der Waals surface area contributed by atoms with Gasteiger partial charge in [0.05, 0.1) is 13.2 Å². The summed E-state index contributed by atoms with van der Waals surface area (Å²) in [6, 6.07) is 16.9. The molecule has 0 aliphatic carbocycles. The normalized spacial score (nSPS) is 16.0. The first-order chi connectivity index (χ1) is 17.0. The molecule has 0 spiro atoms. The summed E-state index contributed by atoms with van der Waals surface area (Å²) in [6.07, 6.45) is 0. The molecule has 0 bridgehead atoms. The Morgan fingerprint density at radius 3 is 2.71 bits per heavy atom. The van der Waals surface area contributed by atoms with Crippen LogP contribution in [-0.2, 0) is 6.54 Å². The first kappa shape index (κ1) is 20.9. The molecule has 0 radical (unpaired) electrons. The minimum absolute atomic E-state index is 0.00348. The Labute approximate surface area is 200 Å². The molecule has 35 heavy (non-hydrogen) atoms. The molecule has 1 aromatic heterocycles. The molecular formula is C26H21N3O6. The molecule has 3 aromatic carbocycles. The van der Waals surface area contributed by atoms with Gasteiger partial charge in [-0.05, 0) is 47.5 Å². The van der Waals surface area contributed by atoms with Gasteiger partial charge in [0.25, 0.3) is 5.91 Å². The molecule has 3 heterocycles. The number of aromatic hydroxyl groups is 2. The number of carbonyl (C=O) groups excluding carboxylic acids is 1. The molecular weight excluding hydrogens is 450 g/mol. The zero-order valence-corrected chi connectivity index (χ0v) is 18.7. The number of ether oxygens (including phenoxy) is 3. The Hall–Kier alpha value is -4.66. The summed E-state index contributed by atoms with van der Waals surface area (Å²) in [7, 11) is 1.47. The minimum atomic E-state index is -0.550. The van der Waals surface area contributed by atoms with Crippen LogP contribution in [0, 0.1) is 0 Å². The quantitative estimate of drug-likeness (QED) is 0.403. The van der Waals surface area contributed by atoms with E-state index in [1.165, 1.54) is 13.2 Å². The van der Waals surface area contributed by atoms with Crippen molar-refractivity contribution in [3.8, 4) is 40.0 Å². The number of aromatic amines is 1. The van der Waals surface area contributed by atoms with Gasteiger partial charge in [-0.15, -0.1) is 0 Å². The van der Waals surface area contributed by atoms with Crippen LogP contribution in [0.4, 0.5) is 0 Å². The number of para-hydroxylation sites is 1. The highest BCUT2D eigenvalue weighted by atomic mass is 16.7. The number of carbonyl (C=O) groups is 1. The monoisotopic (exact) mass is 471 g/mol. The van der Waals surface area contributed by atoms with E-state index in [0.717, 1.165) is 11.1 Å². The minimum Gasteiger partial charge on any atom is -0.507 e. The lowest BCUT2D eigenvalue weighted by atomic mass is 9.95. The van der Waals surface area contributed by atoms with E-state index >= 15 is 0 Å². The highest BCUT2D eigenvalue weighted by molar-refractivity contribution is 6.00. The maximum atomic E-state index is 13.6. The standard InChI is InChI=1S/C26H21N3O6/c1-33-20-11-15(7-8-18(20)31)25-22-23(16-4-2-3-5-17(16)30)27-28-24(22)26(32)29(25)12-14-6-9-19-21(10-14)35-13-34-19/h2-11,25,30-31H,12-13H2,1H3,(H,27,28)/t25-/m1/s1. The fourth-order valence-electron chi connectivity index (χ4n) is 4.69. The van der Waals surface area contributed by atoms with Crippen LogP contribution < -0.4 is 14.2 Å². The summed E-state index contributed by atoms with van der Waals surface area (Å²) >= 11 is 0. The number of hydrogen-bond acceptors (Lipinski definition) is 7. The molecule has 1 atom stereocenters. The Kier molecular flexibility index (Phi) is 4.77. The van der Waals surface area contributed by atoms with Gasteiger partial charge in [-0.2, -0.15) is 5.10 Å². The number of benzene rings is 3. The second-order valence-corrected chi connectivity index (χ2v) is 8.33.